The molecule has 0 unspecified atom stereocenters. The first kappa shape index (κ1) is 17.2. The van der Waals surface area contributed by atoms with Gasteiger partial charge < -0.3 is 20.4 Å². The van der Waals surface area contributed by atoms with Crippen molar-refractivity contribution >= 4 is 34.6 Å². The zero-order valence-corrected chi connectivity index (χ0v) is 15.3. The van der Waals surface area contributed by atoms with Gasteiger partial charge in [-0.05, 0) is 76.2 Å². The number of amides is 1. The fourth-order valence-corrected chi connectivity index (χ4v) is 3.67. The van der Waals surface area contributed by atoms with Crippen LogP contribution in [0.2, 0.25) is 0 Å². The molecule has 1 amide bonds. The number of carbonyl (C=O) groups excluding carboxylic acids is 1. The molecule has 5 nitrogen and oxygen atoms in total. The number of hydrogen-bond acceptors (Lipinski definition) is 3. The van der Waals surface area contributed by atoms with Gasteiger partial charge in [-0.2, -0.15) is 0 Å². The van der Waals surface area contributed by atoms with Crippen LogP contribution in [0.5, 0.6) is 0 Å². The molecule has 0 radical (unpaired) electrons. The van der Waals surface area contributed by atoms with Crippen molar-refractivity contribution in [1.82, 2.24) is 10.2 Å². The second-order valence-electron chi connectivity index (χ2n) is 6.83. The zero-order valence-electron chi connectivity index (χ0n) is 14.5. The van der Waals surface area contributed by atoms with E-state index in [4.69, 9.17) is 12.2 Å². The molecule has 6 heteroatoms. The third-order valence-corrected chi connectivity index (χ3v) is 5.10. The summed E-state index contributed by atoms with van der Waals surface area (Å²) in [5.74, 6) is 0.210. The molecule has 130 valence electrons. The fraction of sp³-hybridized carbons (Fsp3) is 0.556. The van der Waals surface area contributed by atoms with Gasteiger partial charge in [0.05, 0.1) is 0 Å². The highest BCUT2D eigenvalue weighted by molar-refractivity contribution is 7.80. The molecule has 3 rings (SSSR count). The maximum absolute atomic E-state index is 12.0. The first-order valence-corrected chi connectivity index (χ1v) is 9.11. The van der Waals surface area contributed by atoms with Crippen molar-refractivity contribution in [3.63, 3.8) is 0 Å². The highest BCUT2D eigenvalue weighted by Crippen LogP contribution is 2.28. The third-order valence-electron chi connectivity index (χ3n) is 4.88. The van der Waals surface area contributed by atoms with Gasteiger partial charge in [0.25, 0.3) is 0 Å². The second-order valence-corrected chi connectivity index (χ2v) is 7.23. The van der Waals surface area contributed by atoms with Gasteiger partial charge in [0.2, 0.25) is 5.91 Å². The molecule has 2 N–H and O–H groups in total. The summed E-state index contributed by atoms with van der Waals surface area (Å²) in [6.45, 7) is 5.05. The molecule has 2 saturated heterocycles. The Kier molecular flexibility index (Phi) is 5.36. The molecule has 2 aliphatic heterocycles. The minimum absolute atomic E-state index is 0.210. The number of rotatable bonds is 3. The number of anilines is 2. The number of thiocarbonyl (C=S) groups is 1. The summed E-state index contributed by atoms with van der Waals surface area (Å²) in [4.78, 5) is 16.2. The Labute approximate surface area is 149 Å². The highest BCUT2D eigenvalue weighted by Gasteiger charge is 2.23. The molecule has 0 spiro atoms. The van der Waals surface area contributed by atoms with Crippen LogP contribution >= 0.6 is 12.2 Å². The summed E-state index contributed by atoms with van der Waals surface area (Å²) in [5, 5.41) is 7.35. The molecule has 0 atom stereocenters. The van der Waals surface area contributed by atoms with Crippen LogP contribution in [0.3, 0.4) is 0 Å². The number of aryl methyl sites for hydroxylation is 1. The van der Waals surface area contributed by atoms with Crippen molar-refractivity contribution < 1.29 is 4.79 Å². The van der Waals surface area contributed by atoms with Crippen LogP contribution in [0, 0.1) is 6.92 Å². The average molecular weight is 347 g/mol. The SMILES string of the molecule is Cc1ccc(NC(=S)NC2CCN(C)CC2)cc1N1CCCC1=O. The zero-order chi connectivity index (χ0) is 17.1. The summed E-state index contributed by atoms with van der Waals surface area (Å²) in [6, 6.07) is 6.52. The predicted octanol–water partition coefficient (Wildman–Crippen LogP) is 2.50. The molecule has 1 aromatic rings. The van der Waals surface area contributed by atoms with Crippen LogP contribution in [0.15, 0.2) is 18.2 Å². The van der Waals surface area contributed by atoms with E-state index in [1.165, 1.54) is 0 Å². The number of hydrogen-bond donors (Lipinski definition) is 2. The lowest BCUT2D eigenvalue weighted by molar-refractivity contribution is -0.117. The number of carbonyl (C=O) groups is 1. The van der Waals surface area contributed by atoms with Gasteiger partial charge >= 0.3 is 0 Å². The van der Waals surface area contributed by atoms with Gasteiger partial charge in [0, 0.05) is 30.4 Å². The van der Waals surface area contributed by atoms with E-state index in [9.17, 15) is 4.79 Å². The Morgan fingerprint density at radius 1 is 1.25 bits per heavy atom. The van der Waals surface area contributed by atoms with E-state index in [2.05, 4.69) is 22.6 Å². The first-order chi connectivity index (χ1) is 11.5. The van der Waals surface area contributed by atoms with Crippen LogP contribution < -0.4 is 15.5 Å². The summed E-state index contributed by atoms with van der Waals surface area (Å²) in [6.07, 6.45) is 3.80. The van der Waals surface area contributed by atoms with Gasteiger partial charge in [0.15, 0.2) is 5.11 Å². The van der Waals surface area contributed by atoms with Gasteiger partial charge in [-0.3, -0.25) is 4.79 Å². The molecule has 0 saturated carbocycles. The Bertz CT molecular complexity index is 625. The summed E-state index contributed by atoms with van der Waals surface area (Å²) in [7, 11) is 2.15. The molecule has 2 aliphatic rings. The average Bonchev–Trinajstić information content (AvgIpc) is 2.97. The van der Waals surface area contributed by atoms with Crippen LogP contribution in [0.1, 0.15) is 31.2 Å². The van der Waals surface area contributed by atoms with Gasteiger partial charge in [-0.25, -0.2) is 0 Å². The van der Waals surface area contributed by atoms with E-state index in [0.717, 1.165) is 55.8 Å². The van der Waals surface area contributed by atoms with Crippen molar-refractivity contribution in [1.29, 1.82) is 0 Å². The van der Waals surface area contributed by atoms with Crippen molar-refractivity contribution in [2.45, 2.75) is 38.6 Å². The molecule has 2 heterocycles. The number of likely N-dealkylation sites (tertiary alicyclic amines) is 1. The van der Waals surface area contributed by atoms with Crippen LogP contribution in [0.4, 0.5) is 11.4 Å². The van der Waals surface area contributed by atoms with Gasteiger partial charge in [-0.1, -0.05) is 6.07 Å². The van der Waals surface area contributed by atoms with Crippen molar-refractivity contribution in [2.24, 2.45) is 0 Å². The fourth-order valence-electron chi connectivity index (χ4n) is 3.39. The number of piperidine rings is 1. The second kappa shape index (κ2) is 7.49. The summed E-state index contributed by atoms with van der Waals surface area (Å²) < 4.78 is 0. The standard InChI is InChI=1S/C18H26N4OS/c1-13-5-6-15(12-16(13)22-9-3-4-17(22)23)20-18(24)19-14-7-10-21(2)11-8-14/h5-6,12,14H,3-4,7-11H2,1-2H3,(H2,19,20,24). The van der Waals surface area contributed by atoms with Gasteiger partial charge in [0.1, 0.15) is 0 Å². The van der Waals surface area contributed by atoms with Crippen molar-refractivity contribution in [3.8, 4) is 0 Å². The maximum Gasteiger partial charge on any atom is 0.227 e. The monoisotopic (exact) mass is 346 g/mol. The van der Waals surface area contributed by atoms with E-state index >= 15 is 0 Å². The van der Waals surface area contributed by atoms with Crippen LogP contribution in [0.25, 0.3) is 0 Å². The van der Waals surface area contributed by atoms with Crippen molar-refractivity contribution in [3.05, 3.63) is 23.8 Å². The van der Waals surface area contributed by atoms with E-state index in [1.54, 1.807) is 0 Å². The Morgan fingerprint density at radius 2 is 2.00 bits per heavy atom. The Morgan fingerprint density at radius 3 is 2.67 bits per heavy atom. The summed E-state index contributed by atoms with van der Waals surface area (Å²) >= 11 is 5.46. The minimum atomic E-state index is 0.210. The smallest absolute Gasteiger partial charge is 0.227 e. The van der Waals surface area contributed by atoms with Crippen LogP contribution in [-0.2, 0) is 4.79 Å². The molecule has 2 fully saturated rings. The maximum atomic E-state index is 12.0. The van der Waals surface area contributed by atoms with E-state index < -0.39 is 0 Å². The first-order valence-electron chi connectivity index (χ1n) is 8.70. The normalized spacial score (nSPS) is 19.6. The van der Waals surface area contributed by atoms with E-state index in [-0.39, 0.29) is 5.91 Å². The number of nitrogens with zero attached hydrogens (tertiary/aromatic N) is 2. The van der Waals surface area contributed by atoms with E-state index in [1.807, 2.05) is 30.0 Å². The minimum Gasteiger partial charge on any atom is -0.360 e. The number of benzene rings is 1. The van der Waals surface area contributed by atoms with Crippen LogP contribution in [-0.4, -0.2) is 48.6 Å². The Balaban J connectivity index is 1.62. The largest absolute Gasteiger partial charge is 0.360 e. The molecule has 0 bridgehead atoms. The molecule has 0 aromatic heterocycles. The number of nitrogens with one attached hydrogen (secondary N) is 2. The topological polar surface area (TPSA) is 47.6 Å². The third kappa shape index (κ3) is 4.05. The molecular formula is C18H26N4OS. The quantitative estimate of drug-likeness (QED) is 0.824. The predicted molar refractivity (Wildman–Crippen MR) is 103 cm³/mol. The van der Waals surface area contributed by atoms with E-state index in [0.29, 0.717) is 17.6 Å². The van der Waals surface area contributed by atoms with Crippen molar-refractivity contribution in [2.75, 3.05) is 36.9 Å². The lowest BCUT2D eigenvalue weighted by atomic mass is 10.1. The molecular weight excluding hydrogens is 320 g/mol. The molecule has 1 aromatic carbocycles. The van der Waals surface area contributed by atoms with Gasteiger partial charge in [-0.15, -0.1) is 0 Å². The molecule has 24 heavy (non-hydrogen) atoms. The molecule has 0 aliphatic carbocycles. The lowest BCUT2D eigenvalue weighted by Gasteiger charge is -2.30. The Hall–Kier alpha value is -1.66. The highest BCUT2D eigenvalue weighted by atomic mass is 32.1. The summed E-state index contributed by atoms with van der Waals surface area (Å²) in [5.41, 5.74) is 3.04. The lowest BCUT2D eigenvalue weighted by Crippen LogP contribution is -2.44.